The van der Waals surface area contributed by atoms with E-state index < -0.39 is 0 Å². The van der Waals surface area contributed by atoms with Gasteiger partial charge in [0.05, 0.1) is 24.8 Å². The lowest BCUT2D eigenvalue weighted by Gasteiger charge is -2.15. The topological polar surface area (TPSA) is 74.6 Å². The minimum atomic E-state index is -0.281. The molecule has 0 saturated heterocycles. The van der Waals surface area contributed by atoms with Crippen molar-refractivity contribution in [2.75, 3.05) is 40.9 Å². The zero-order valence-electron chi connectivity index (χ0n) is 14.4. The monoisotopic (exact) mass is 353 g/mol. The van der Waals surface area contributed by atoms with E-state index in [2.05, 4.69) is 10.2 Å². The molecule has 0 aliphatic rings. The molecule has 0 aliphatic heterocycles. The van der Waals surface area contributed by atoms with Crippen LogP contribution >= 0.6 is 11.6 Å². The predicted molar refractivity (Wildman–Crippen MR) is 93.6 cm³/mol. The van der Waals surface area contributed by atoms with Crippen LogP contribution in [0.25, 0.3) is 0 Å². The first-order valence-electron chi connectivity index (χ1n) is 7.75. The summed E-state index contributed by atoms with van der Waals surface area (Å²) >= 11 is 6.30. The molecule has 24 heavy (non-hydrogen) atoms. The van der Waals surface area contributed by atoms with Gasteiger partial charge >= 0.3 is 0 Å². The van der Waals surface area contributed by atoms with Gasteiger partial charge in [-0.1, -0.05) is 11.6 Å². The average Bonchev–Trinajstić information content (AvgIpc) is 2.52. The van der Waals surface area contributed by atoms with Gasteiger partial charge < -0.3 is 19.7 Å². The molecule has 6 nitrogen and oxygen atoms in total. The minimum absolute atomic E-state index is 0.135. The third kappa shape index (κ3) is 7.07. The van der Waals surface area contributed by atoms with Gasteiger partial charge in [0.1, 0.15) is 6.42 Å². The highest BCUT2D eigenvalue weighted by Gasteiger charge is 2.12. The lowest BCUT2D eigenvalue weighted by Crippen LogP contribution is -2.24. The highest BCUT2D eigenvalue weighted by Crippen LogP contribution is 2.36. The summed E-state index contributed by atoms with van der Waals surface area (Å²) in [7, 11) is 5.59. The maximum atomic E-state index is 11.3. The Morgan fingerprint density at radius 2 is 2.17 bits per heavy atom. The molecule has 0 aliphatic carbocycles. The standard InChI is InChI=1S/C17H24ClN3O3/c1-21(2)9-4-10-24-17-14(18)11-13(12-15(17)23-3)6-8-20-16(22)5-7-19/h11-12H,4-6,8-10H2,1-3H3,(H,20,22). The van der Waals surface area contributed by atoms with Gasteiger partial charge in [0, 0.05) is 13.1 Å². The number of benzene rings is 1. The second-order valence-corrected chi connectivity index (χ2v) is 5.96. The fourth-order valence-electron chi connectivity index (χ4n) is 2.09. The van der Waals surface area contributed by atoms with Crippen molar-refractivity contribution in [1.29, 1.82) is 5.26 Å². The number of carbonyl (C=O) groups excluding carboxylic acids is 1. The van der Waals surface area contributed by atoms with Crippen LogP contribution in [0.3, 0.4) is 0 Å². The first-order valence-corrected chi connectivity index (χ1v) is 8.13. The second kappa shape index (κ2) is 10.7. The van der Waals surface area contributed by atoms with E-state index in [0.717, 1.165) is 18.5 Å². The van der Waals surface area contributed by atoms with Crippen LogP contribution in [0.1, 0.15) is 18.4 Å². The summed E-state index contributed by atoms with van der Waals surface area (Å²) in [5.74, 6) is 0.831. The van der Waals surface area contributed by atoms with Crippen molar-refractivity contribution in [3.8, 4) is 17.6 Å². The lowest BCUT2D eigenvalue weighted by molar-refractivity contribution is -0.120. The number of ether oxygens (including phenoxy) is 2. The Labute approximate surface area is 148 Å². The van der Waals surface area contributed by atoms with Crippen LogP contribution in [-0.4, -0.2) is 51.7 Å². The Morgan fingerprint density at radius 1 is 1.42 bits per heavy atom. The van der Waals surface area contributed by atoms with Crippen molar-refractivity contribution in [1.82, 2.24) is 10.2 Å². The van der Waals surface area contributed by atoms with Gasteiger partial charge in [0.15, 0.2) is 11.5 Å². The molecule has 1 aromatic carbocycles. The Kier molecular flexibility index (Phi) is 8.98. The fourth-order valence-corrected chi connectivity index (χ4v) is 2.38. The third-order valence-electron chi connectivity index (χ3n) is 3.26. The Hall–Kier alpha value is -1.97. The Morgan fingerprint density at radius 3 is 2.79 bits per heavy atom. The van der Waals surface area contributed by atoms with E-state index in [-0.39, 0.29) is 12.3 Å². The summed E-state index contributed by atoms with van der Waals surface area (Å²) in [6.07, 6.45) is 1.34. The molecule has 0 atom stereocenters. The van der Waals surface area contributed by atoms with Crippen LogP contribution < -0.4 is 14.8 Å². The molecular formula is C17H24ClN3O3. The summed E-state index contributed by atoms with van der Waals surface area (Å²) in [5, 5.41) is 11.6. The first-order chi connectivity index (χ1) is 11.5. The normalized spacial score (nSPS) is 10.3. The van der Waals surface area contributed by atoms with Gasteiger partial charge in [0.25, 0.3) is 0 Å². The molecule has 0 radical (unpaired) electrons. The molecule has 0 unspecified atom stereocenters. The van der Waals surface area contributed by atoms with Gasteiger partial charge in [-0.3, -0.25) is 4.79 Å². The van der Waals surface area contributed by atoms with E-state index in [9.17, 15) is 4.79 Å². The van der Waals surface area contributed by atoms with Gasteiger partial charge in [-0.05, 0) is 44.6 Å². The zero-order valence-corrected chi connectivity index (χ0v) is 15.2. The van der Waals surface area contributed by atoms with E-state index >= 15 is 0 Å². The average molecular weight is 354 g/mol. The van der Waals surface area contributed by atoms with Gasteiger partial charge in [-0.25, -0.2) is 0 Å². The van der Waals surface area contributed by atoms with Crippen LogP contribution in [0.2, 0.25) is 5.02 Å². The number of carbonyl (C=O) groups is 1. The molecular weight excluding hydrogens is 330 g/mol. The predicted octanol–water partition coefficient (Wildman–Crippen LogP) is 2.25. The number of hydrogen-bond donors (Lipinski definition) is 1. The van der Waals surface area contributed by atoms with Crippen molar-refractivity contribution in [3.63, 3.8) is 0 Å². The SMILES string of the molecule is COc1cc(CCNC(=O)CC#N)cc(Cl)c1OCCCN(C)C. The van der Waals surface area contributed by atoms with Crippen molar-refractivity contribution in [2.45, 2.75) is 19.3 Å². The summed E-state index contributed by atoms with van der Waals surface area (Å²) in [4.78, 5) is 13.4. The molecule has 7 heteroatoms. The molecule has 0 heterocycles. The highest BCUT2D eigenvalue weighted by molar-refractivity contribution is 6.32. The number of rotatable bonds is 10. The number of hydrogen-bond acceptors (Lipinski definition) is 5. The van der Waals surface area contributed by atoms with Crippen molar-refractivity contribution in [3.05, 3.63) is 22.7 Å². The molecule has 0 bridgehead atoms. The second-order valence-electron chi connectivity index (χ2n) is 5.55. The number of nitrogens with one attached hydrogen (secondary N) is 1. The van der Waals surface area contributed by atoms with Crippen LogP contribution in [0.4, 0.5) is 0 Å². The first kappa shape index (κ1) is 20.1. The van der Waals surface area contributed by atoms with Gasteiger partial charge in [0.2, 0.25) is 5.91 Å². The molecule has 1 rings (SSSR count). The molecule has 0 aromatic heterocycles. The van der Waals surface area contributed by atoms with E-state index in [1.807, 2.05) is 32.3 Å². The number of methoxy groups -OCH3 is 1. The molecule has 0 fully saturated rings. The highest BCUT2D eigenvalue weighted by atomic mass is 35.5. The van der Waals surface area contributed by atoms with Gasteiger partial charge in [-0.15, -0.1) is 0 Å². The summed E-state index contributed by atoms with van der Waals surface area (Å²) < 4.78 is 11.1. The third-order valence-corrected chi connectivity index (χ3v) is 3.54. The number of amides is 1. The quantitative estimate of drug-likeness (QED) is 0.653. The minimum Gasteiger partial charge on any atom is -0.493 e. The van der Waals surface area contributed by atoms with Crippen LogP contribution in [0.5, 0.6) is 11.5 Å². The largest absolute Gasteiger partial charge is 0.493 e. The Balaban J connectivity index is 2.63. The van der Waals surface area contributed by atoms with Crippen LogP contribution in [-0.2, 0) is 11.2 Å². The van der Waals surface area contributed by atoms with E-state index in [0.29, 0.717) is 36.1 Å². The molecule has 0 spiro atoms. The molecule has 1 N–H and O–H groups in total. The number of nitriles is 1. The van der Waals surface area contributed by atoms with E-state index in [1.165, 1.54) is 0 Å². The zero-order chi connectivity index (χ0) is 17.9. The van der Waals surface area contributed by atoms with E-state index in [4.69, 9.17) is 26.3 Å². The molecule has 132 valence electrons. The van der Waals surface area contributed by atoms with Gasteiger partial charge in [-0.2, -0.15) is 5.26 Å². The molecule has 0 saturated carbocycles. The van der Waals surface area contributed by atoms with E-state index in [1.54, 1.807) is 7.11 Å². The summed E-state index contributed by atoms with van der Waals surface area (Å²) in [5.41, 5.74) is 0.926. The maximum absolute atomic E-state index is 11.3. The number of halogens is 1. The van der Waals surface area contributed by atoms with Crippen molar-refractivity contribution >= 4 is 17.5 Å². The smallest absolute Gasteiger partial charge is 0.234 e. The fraction of sp³-hybridized carbons (Fsp3) is 0.529. The van der Waals surface area contributed by atoms with Crippen LogP contribution in [0, 0.1) is 11.3 Å². The molecule has 1 aromatic rings. The lowest BCUT2D eigenvalue weighted by atomic mass is 10.1. The number of nitrogens with zero attached hydrogens (tertiary/aromatic N) is 2. The maximum Gasteiger partial charge on any atom is 0.234 e. The van der Waals surface area contributed by atoms with Crippen molar-refractivity contribution in [2.24, 2.45) is 0 Å². The van der Waals surface area contributed by atoms with Crippen LogP contribution in [0.15, 0.2) is 12.1 Å². The summed E-state index contributed by atoms with van der Waals surface area (Å²) in [6.45, 7) is 1.92. The molecule has 1 amide bonds. The van der Waals surface area contributed by atoms with Crippen molar-refractivity contribution < 1.29 is 14.3 Å². The Bertz CT molecular complexity index is 585. The summed E-state index contributed by atoms with van der Waals surface area (Å²) in [6, 6.07) is 5.47.